The van der Waals surface area contributed by atoms with E-state index in [1.54, 1.807) is 0 Å². The van der Waals surface area contributed by atoms with Crippen molar-refractivity contribution in [3.63, 3.8) is 0 Å². The lowest BCUT2D eigenvalue weighted by Gasteiger charge is -2.25. The Kier molecular flexibility index (Phi) is 5.23. The van der Waals surface area contributed by atoms with Crippen molar-refractivity contribution in [2.45, 2.75) is 45.8 Å². The fourth-order valence-electron chi connectivity index (χ4n) is 2.83. The highest BCUT2D eigenvalue weighted by atomic mass is 28.3. The van der Waals surface area contributed by atoms with Crippen molar-refractivity contribution in [1.82, 2.24) is 4.98 Å². The Morgan fingerprint density at radius 1 is 1.00 bits per heavy atom. The van der Waals surface area contributed by atoms with Crippen LogP contribution >= 0.6 is 0 Å². The van der Waals surface area contributed by atoms with Gasteiger partial charge in [0.15, 0.2) is 0 Å². The second kappa shape index (κ2) is 6.94. The molecular formula is C17H25NO2Si. The molecule has 114 valence electrons. The molecule has 0 aliphatic rings. The zero-order valence-corrected chi connectivity index (χ0v) is 14.5. The van der Waals surface area contributed by atoms with Crippen LogP contribution in [0, 0.1) is 0 Å². The van der Waals surface area contributed by atoms with Crippen LogP contribution in [0.2, 0.25) is 18.1 Å². The van der Waals surface area contributed by atoms with Crippen LogP contribution in [0.25, 0.3) is 11.5 Å². The standard InChI is InChI=1S/C17H25NO2Si/c1-5-19-17-16(21(6-2,7-3)8-4)18-15(20-17)14-12-10-9-11-13-14/h9-13H,5-8H2,1-4H3. The van der Waals surface area contributed by atoms with Crippen molar-refractivity contribution in [3.8, 4) is 17.4 Å². The van der Waals surface area contributed by atoms with E-state index in [0.717, 1.165) is 10.9 Å². The molecule has 0 spiro atoms. The summed E-state index contributed by atoms with van der Waals surface area (Å²) >= 11 is 0. The van der Waals surface area contributed by atoms with Crippen molar-refractivity contribution < 1.29 is 9.15 Å². The molecule has 0 N–H and O–H groups in total. The summed E-state index contributed by atoms with van der Waals surface area (Å²) in [4.78, 5) is 4.85. The Hall–Kier alpha value is -1.55. The number of aromatic nitrogens is 1. The van der Waals surface area contributed by atoms with Gasteiger partial charge in [0.05, 0.1) is 6.61 Å². The van der Waals surface area contributed by atoms with Crippen LogP contribution in [0.3, 0.4) is 0 Å². The first kappa shape index (κ1) is 15.8. The average Bonchev–Trinajstić information content (AvgIpc) is 2.96. The number of oxazole rings is 1. The Bertz CT molecular complexity index is 553. The SMILES string of the molecule is CCOc1oc(-c2ccccc2)nc1[Si](CC)(CC)CC. The normalized spacial score (nSPS) is 11.6. The smallest absolute Gasteiger partial charge is 0.304 e. The predicted molar refractivity (Wildman–Crippen MR) is 89.9 cm³/mol. The third-order valence-corrected chi connectivity index (χ3v) is 9.81. The lowest BCUT2D eigenvalue weighted by molar-refractivity contribution is 0.263. The van der Waals surface area contributed by atoms with Gasteiger partial charge in [-0.3, -0.25) is 0 Å². The summed E-state index contributed by atoms with van der Waals surface area (Å²) in [5.41, 5.74) is 1.01. The van der Waals surface area contributed by atoms with E-state index in [-0.39, 0.29) is 0 Å². The molecule has 0 bridgehead atoms. The summed E-state index contributed by atoms with van der Waals surface area (Å²) in [6.07, 6.45) is 0. The van der Waals surface area contributed by atoms with Gasteiger partial charge in [0, 0.05) is 5.56 Å². The predicted octanol–water partition coefficient (Wildman–Crippen LogP) is 4.46. The summed E-state index contributed by atoms with van der Waals surface area (Å²) in [6, 6.07) is 13.6. The number of rotatable bonds is 7. The highest BCUT2D eigenvalue weighted by molar-refractivity contribution is 6.91. The second-order valence-corrected chi connectivity index (χ2v) is 10.5. The van der Waals surface area contributed by atoms with Gasteiger partial charge in [-0.1, -0.05) is 57.1 Å². The van der Waals surface area contributed by atoms with Crippen molar-refractivity contribution in [1.29, 1.82) is 0 Å². The van der Waals surface area contributed by atoms with Crippen molar-refractivity contribution in [3.05, 3.63) is 30.3 Å². The Labute approximate surface area is 128 Å². The first-order valence-electron chi connectivity index (χ1n) is 7.90. The van der Waals surface area contributed by atoms with Gasteiger partial charge < -0.3 is 9.15 Å². The zero-order chi connectivity index (χ0) is 15.3. The van der Waals surface area contributed by atoms with Crippen LogP contribution in [0.1, 0.15) is 27.7 Å². The van der Waals surface area contributed by atoms with Gasteiger partial charge >= 0.3 is 5.95 Å². The molecule has 3 nitrogen and oxygen atoms in total. The minimum atomic E-state index is -1.62. The van der Waals surface area contributed by atoms with Crippen LogP contribution in [0.5, 0.6) is 5.95 Å². The number of nitrogens with zero attached hydrogens (tertiary/aromatic N) is 1. The van der Waals surface area contributed by atoms with Gasteiger partial charge in [0.1, 0.15) is 13.4 Å². The van der Waals surface area contributed by atoms with E-state index in [4.69, 9.17) is 14.1 Å². The van der Waals surface area contributed by atoms with Crippen LogP contribution in [0.15, 0.2) is 34.7 Å². The largest absolute Gasteiger partial charge is 0.464 e. The van der Waals surface area contributed by atoms with Crippen LogP contribution in [-0.2, 0) is 0 Å². The maximum Gasteiger partial charge on any atom is 0.304 e. The Morgan fingerprint density at radius 3 is 2.14 bits per heavy atom. The number of benzene rings is 1. The first-order chi connectivity index (χ1) is 10.2. The summed E-state index contributed by atoms with van der Waals surface area (Å²) in [6.45, 7) is 9.41. The van der Waals surface area contributed by atoms with E-state index in [2.05, 4.69) is 20.8 Å². The molecule has 0 unspecified atom stereocenters. The van der Waals surface area contributed by atoms with Crippen LogP contribution in [0.4, 0.5) is 0 Å². The van der Waals surface area contributed by atoms with Crippen molar-refractivity contribution in [2.24, 2.45) is 0 Å². The summed E-state index contributed by atoms with van der Waals surface area (Å²) < 4.78 is 11.7. The zero-order valence-electron chi connectivity index (χ0n) is 13.5. The molecule has 0 fully saturated rings. The highest BCUT2D eigenvalue weighted by Gasteiger charge is 2.37. The van der Waals surface area contributed by atoms with Gasteiger partial charge in [-0.25, -0.2) is 4.98 Å². The molecular weight excluding hydrogens is 278 g/mol. The molecule has 0 amide bonds. The Morgan fingerprint density at radius 2 is 1.62 bits per heavy atom. The summed E-state index contributed by atoms with van der Waals surface area (Å²) in [7, 11) is -1.62. The summed E-state index contributed by atoms with van der Waals surface area (Å²) in [5.74, 6) is 1.33. The van der Waals surface area contributed by atoms with E-state index < -0.39 is 8.07 Å². The highest BCUT2D eigenvalue weighted by Crippen LogP contribution is 2.29. The summed E-state index contributed by atoms with van der Waals surface area (Å²) in [5, 5.41) is 1.11. The molecule has 21 heavy (non-hydrogen) atoms. The topological polar surface area (TPSA) is 35.3 Å². The molecule has 0 radical (unpaired) electrons. The molecule has 0 aliphatic heterocycles. The van der Waals surface area contributed by atoms with Gasteiger partial charge in [-0.15, -0.1) is 0 Å². The van der Waals surface area contributed by atoms with Gasteiger partial charge in [-0.2, -0.15) is 0 Å². The van der Waals surface area contributed by atoms with Gasteiger partial charge in [0.25, 0.3) is 0 Å². The second-order valence-electron chi connectivity index (χ2n) is 5.30. The molecule has 1 aromatic carbocycles. The minimum absolute atomic E-state index is 0.609. The average molecular weight is 303 g/mol. The van der Waals surface area contributed by atoms with E-state index >= 15 is 0 Å². The van der Waals surface area contributed by atoms with Crippen LogP contribution in [-0.4, -0.2) is 19.7 Å². The van der Waals surface area contributed by atoms with E-state index in [9.17, 15) is 0 Å². The first-order valence-corrected chi connectivity index (χ1v) is 10.5. The molecule has 0 saturated carbocycles. The quantitative estimate of drug-likeness (QED) is 0.709. The van der Waals surface area contributed by atoms with E-state index in [1.165, 1.54) is 18.1 Å². The monoisotopic (exact) mass is 303 g/mol. The van der Waals surface area contributed by atoms with Crippen molar-refractivity contribution in [2.75, 3.05) is 6.61 Å². The third kappa shape index (κ3) is 3.05. The molecule has 2 rings (SSSR count). The van der Waals surface area contributed by atoms with Crippen molar-refractivity contribution >= 4 is 13.4 Å². The van der Waals surface area contributed by atoms with E-state index in [0.29, 0.717) is 18.4 Å². The Balaban J connectivity index is 2.52. The molecule has 0 aliphatic carbocycles. The maximum absolute atomic E-state index is 5.95. The molecule has 4 heteroatoms. The minimum Gasteiger partial charge on any atom is -0.464 e. The van der Waals surface area contributed by atoms with Gasteiger partial charge in [-0.05, 0) is 19.1 Å². The van der Waals surface area contributed by atoms with E-state index in [1.807, 2.05) is 37.3 Å². The fraction of sp³-hybridized carbons (Fsp3) is 0.471. The molecule has 1 aromatic heterocycles. The lowest BCUT2D eigenvalue weighted by atomic mass is 10.2. The molecule has 1 heterocycles. The molecule has 0 atom stereocenters. The number of hydrogen-bond donors (Lipinski definition) is 0. The maximum atomic E-state index is 5.95. The fourth-order valence-corrected chi connectivity index (χ4v) is 6.23. The molecule has 0 saturated heterocycles. The lowest BCUT2D eigenvalue weighted by Crippen LogP contribution is -2.47. The van der Waals surface area contributed by atoms with Crippen LogP contribution < -0.4 is 10.1 Å². The van der Waals surface area contributed by atoms with Gasteiger partial charge in [0.2, 0.25) is 5.89 Å². The third-order valence-electron chi connectivity index (χ3n) is 4.42. The number of ether oxygens (including phenoxy) is 1. The number of hydrogen-bond acceptors (Lipinski definition) is 3. The molecule has 2 aromatic rings.